The van der Waals surface area contributed by atoms with Crippen LogP contribution in [0.5, 0.6) is 0 Å². The molecule has 0 radical (unpaired) electrons. The van der Waals surface area contributed by atoms with Crippen molar-refractivity contribution >= 4 is 11.9 Å². The average Bonchev–Trinajstić information content (AvgIpc) is 2.41. The van der Waals surface area contributed by atoms with E-state index in [1.807, 2.05) is 20.8 Å². The van der Waals surface area contributed by atoms with E-state index in [4.69, 9.17) is 0 Å². The number of nitrogens with one attached hydrogen (secondary N) is 1. The summed E-state index contributed by atoms with van der Waals surface area (Å²) in [5.74, 6) is -0.280. The number of amides is 1. The Balaban J connectivity index is 2.48. The topological polar surface area (TPSA) is 66.4 Å². The molecular weight excluding hydrogens is 266 g/mol. The van der Waals surface area contributed by atoms with E-state index in [0.29, 0.717) is 0 Å². The van der Waals surface area contributed by atoms with E-state index in [9.17, 15) is 14.7 Å². The van der Waals surface area contributed by atoms with Gasteiger partial charge < -0.3 is 10.4 Å². The molecule has 4 heteroatoms. The summed E-state index contributed by atoms with van der Waals surface area (Å²) < 4.78 is 0. The van der Waals surface area contributed by atoms with Crippen LogP contribution < -0.4 is 5.32 Å². The first-order valence-electron chi connectivity index (χ1n) is 8.28. The van der Waals surface area contributed by atoms with Crippen molar-refractivity contribution in [3.8, 4) is 0 Å². The quantitative estimate of drug-likeness (QED) is 0.787. The summed E-state index contributed by atoms with van der Waals surface area (Å²) in [7, 11) is 0. The molecule has 0 saturated heterocycles. The third-order valence-corrected chi connectivity index (χ3v) is 4.58. The molecule has 122 valence electrons. The van der Waals surface area contributed by atoms with Gasteiger partial charge in [-0.3, -0.25) is 4.79 Å². The number of rotatable bonds is 6. The van der Waals surface area contributed by atoms with Gasteiger partial charge in [0.1, 0.15) is 6.04 Å². The van der Waals surface area contributed by atoms with Crippen molar-refractivity contribution in [3.63, 3.8) is 0 Å². The number of aliphatic carboxylic acids is 1. The van der Waals surface area contributed by atoms with E-state index in [0.717, 1.165) is 31.6 Å². The van der Waals surface area contributed by atoms with Crippen LogP contribution in [0, 0.1) is 17.3 Å². The fourth-order valence-electron chi connectivity index (χ4n) is 3.11. The lowest BCUT2D eigenvalue weighted by Crippen LogP contribution is -2.51. The highest BCUT2D eigenvalue weighted by atomic mass is 16.4. The summed E-state index contributed by atoms with van der Waals surface area (Å²) in [5, 5.41) is 12.0. The molecule has 1 rings (SSSR count). The van der Waals surface area contributed by atoms with E-state index in [2.05, 4.69) is 12.2 Å². The summed E-state index contributed by atoms with van der Waals surface area (Å²) in [6.07, 6.45) is 7.77. The SMILES string of the molecule is CCCCC1CCC(C(=O)N[C@H](C(=O)O)C(C)(C)C)CC1. The normalized spacial score (nSPS) is 24.4. The molecule has 1 saturated carbocycles. The molecule has 0 aromatic heterocycles. The number of carbonyl (C=O) groups excluding carboxylic acids is 1. The van der Waals surface area contributed by atoms with Crippen molar-refractivity contribution < 1.29 is 14.7 Å². The van der Waals surface area contributed by atoms with Crippen LogP contribution in [-0.4, -0.2) is 23.0 Å². The maximum absolute atomic E-state index is 12.3. The molecule has 0 bridgehead atoms. The van der Waals surface area contributed by atoms with Gasteiger partial charge in [-0.05, 0) is 37.0 Å². The molecule has 4 nitrogen and oxygen atoms in total. The van der Waals surface area contributed by atoms with Crippen molar-refractivity contribution in [1.82, 2.24) is 5.32 Å². The zero-order valence-corrected chi connectivity index (χ0v) is 13.9. The third kappa shape index (κ3) is 5.68. The standard InChI is InChI=1S/C17H31NO3/c1-5-6-7-12-8-10-13(11-9-12)15(19)18-14(16(20)21)17(2,3)4/h12-14H,5-11H2,1-4H3,(H,18,19)(H,20,21)/t12?,13?,14-/m1/s1. The molecule has 0 aliphatic heterocycles. The van der Waals surface area contributed by atoms with Crippen molar-refractivity contribution in [2.24, 2.45) is 17.3 Å². The molecule has 0 unspecified atom stereocenters. The smallest absolute Gasteiger partial charge is 0.326 e. The van der Waals surface area contributed by atoms with Crippen molar-refractivity contribution in [1.29, 1.82) is 0 Å². The van der Waals surface area contributed by atoms with Crippen LogP contribution in [0.15, 0.2) is 0 Å². The predicted octanol–water partition coefficient (Wildman–Crippen LogP) is 3.60. The van der Waals surface area contributed by atoms with Gasteiger partial charge in [-0.25, -0.2) is 4.79 Å². The second kappa shape index (κ2) is 7.81. The Hall–Kier alpha value is -1.06. The summed E-state index contributed by atoms with van der Waals surface area (Å²) in [6, 6.07) is -0.817. The summed E-state index contributed by atoms with van der Waals surface area (Å²) >= 11 is 0. The highest BCUT2D eigenvalue weighted by Crippen LogP contribution is 2.32. The summed E-state index contributed by atoms with van der Waals surface area (Å²) in [5.41, 5.74) is -0.472. The van der Waals surface area contributed by atoms with Crippen LogP contribution in [0.1, 0.15) is 72.6 Å². The Bertz CT molecular complexity index is 352. The Morgan fingerprint density at radius 2 is 1.76 bits per heavy atom. The fraction of sp³-hybridized carbons (Fsp3) is 0.882. The molecule has 1 amide bonds. The minimum absolute atomic E-state index is 0.00734. The molecule has 0 heterocycles. The van der Waals surface area contributed by atoms with Crippen molar-refractivity contribution in [2.45, 2.75) is 78.7 Å². The number of carboxylic acid groups (broad SMARTS) is 1. The Kier molecular flexibility index (Phi) is 6.69. The maximum Gasteiger partial charge on any atom is 0.326 e. The Morgan fingerprint density at radius 3 is 2.19 bits per heavy atom. The van der Waals surface area contributed by atoms with Crippen LogP contribution in [0.4, 0.5) is 0 Å². The molecule has 1 atom stereocenters. The molecule has 0 aromatic carbocycles. The van der Waals surface area contributed by atoms with E-state index in [-0.39, 0.29) is 11.8 Å². The monoisotopic (exact) mass is 297 g/mol. The lowest BCUT2D eigenvalue weighted by Gasteiger charge is -2.32. The predicted molar refractivity (Wildman–Crippen MR) is 84.0 cm³/mol. The van der Waals surface area contributed by atoms with Gasteiger partial charge in [0.05, 0.1) is 0 Å². The van der Waals surface area contributed by atoms with Gasteiger partial charge in [0.25, 0.3) is 0 Å². The van der Waals surface area contributed by atoms with E-state index < -0.39 is 17.4 Å². The van der Waals surface area contributed by atoms with Gasteiger partial charge in [0.15, 0.2) is 0 Å². The van der Waals surface area contributed by atoms with Gasteiger partial charge in [-0.2, -0.15) is 0 Å². The second-order valence-corrected chi connectivity index (χ2v) is 7.51. The fourth-order valence-corrected chi connectivity index (χ4v) is 3.11. The molecule has 1 fully saturated rings. The zero-order valence-electron chi connectivity index (χ0n) is 13.9. The number of hydrogen-bond donors (Lipinski definition) is 2. The number of carboxylic acids is 1. The minimum atomic E-state index is -0.951. The van der Waals surface area contributed by atoms with E-state index in [1.54, 1.807) is 0 Å². The Labute approximate surface area is 128 Å². The zero-order chi connectivity index (χ0) is 16.0. The number of carbonyl (C=O) groups is 2. The first kappa shape index (κ1) is 18.0. The molecule has 2 N–H and O–H groups in total. The van der Waals surface area contributed by atoms with Gasteiger partial charge in [0.2, 0.25) is 5.91 Å². The van der Waals surface area contributed by atoms with Gasteiger partial charge in [0, 0.05) is 5.92 Å². The first-order chi connectivity index (χ1) is 9.75. The van der Waals surface area contributed by atoms with Gasteiger partial charge in [-0.15, -0.1) is 0 Å². The van der Waals surface area contributed by atoms with Crippen LogP contribution in [0.2, 0.25) is 0 Å². The first-order valence-corrected chi connectivity index (χ1v) is 8.28. The maximum atomic E-state index is 12.3. The van der Waals surface area contributed by atoms with Gasteiger partial charge in [-0.1, -0.05) is 47.0 Å². The summed E-state index contributed by atoms with van der Waals surface area (Å²) in [4.78, 5) is 23.6. The van der Waals surface area contributed by atoms with Crippen molar-refractivity contribution in [2.75, 3.05) is 0 Å². The molecule has 1 aliphatic carbocycles. The highest BCUT2D eigenvalue weighted by Gasteiger charge is 2.35. The minimum Gasteiger partial charge on any atom is -0.480 e. The van der Waals surface area contributed by atoms with Crippen molar-refractivity contribution in [3.05, 3.63) is 0 Å². The van der Waals surface area contributed by atoms with Crippen LogP contribution >= 0.6 is 0 Å². The lowest BCUT2D eigenvalue weighted by molar-refractivity contribution is -0.145. The van der Waals surface area contributed by atoms with Crippen LogP contribution in [0.25, 0.3) is 0 Å². The molecule has 1 aliphatic rings. The average molecular weight is 297 g/mol. The van der Waals surface area contributed by atoms with Gasteiger partial charge >= 0.3 is 5.97 Å². The Morgan fingerprint density at radius 1 is 1.19 bits per heavy atom. The number of unbranched alkanes of at least 4 members (excludes halogenated alkanes) is 1. The van der Waals surface area contributed by atoms with Crippen LogP contribution in [0.3, 0.4) is 0 Å². The third-order valence-electron chi connectivity index (χ3n) is 4.58. The molecular formula is C17H31NO3. The second-order valence-electron chi connectivity index (χ2n) is 7.51. The van der Waals surface area contributed by atoms with Crippen LogP contribution in [-0.2, 0) is 9.59 Å². The lowest BCUT2D eigenvalue weighted by atomic mass is 9.79. The largest absolute Gasteiger partial charge is 0.480 e. The van der Waals surface area contributed by atoms with E-state index in [1.165, 1.54) is 19.3 Å². The van der Waals surface area contributed by atoms with E-state index >= 15 is 0 Å². The number of hydrogen-bond acceptors (Lipinski definition) is 2. The summed E-state index contributed by atoms with van der Waals surface area (Å²) in [6.45, 7) is 7.73. The molecule has 21 heavy (non-hydrogen) atoms. The molecule has 0 aromatic rings. The molecule has 0 spiro atoms. The highest BCUT2D eigenvalue weighted by molar-refractivity contribution is 5.85.